The molecule has 3 atom stereocenters. The first-order valence-corrected chi connectivity index (χ1v) is 8.28. The number of ether oxygens (including phenoxy) is 1. The second kappa shape index (κ2) is 5.98. The fourth-order valence-electron chi connectivity index (χ4n) is 3.52. The van der Waals surface area contributed by atoms with E-state index in [9.17, 15) is 4.79 Å². The van der Waals surface area contributed by atoms with Crippen LogP contribution in [0, 0.1) is 19.8 Å². The first kappa shape index (κ1) is 15.3. The number of nitrogens with zero attached hydrogens (tertiary/aromatic N) is 4. The van der Waals surface area contributed by atoms with Crippen molar-refractivity contribution in [2.75, 3.05) is 13.1 Å². The van der Waals surface area contributed by atoms with Crippen LogP contribution in [0.2, 0.25) is 0 Å². The van der Waals surface area contributed by atoms with Crippen LogP contribution in [0.3, 0.4) is 0 Å². The molecule has 7 nitrogen and oxygen atoms in total. The highest BCUT2D eigenvalue weighted by atomic mass is 16.5. The molecule has 126 valence electrons. The van der Waals surface area contributed by atoms with Gasteiger partial charge in [0.1, 0.15) is 6.10 Å². The molecule has 0 bridgehead atoms. The number of piperidine rings is 1. The van der Waals surface area contributed by atoms with Crippen molar-refractivity contribution in [3.8, 4) is 0 Å². The maximum atomic E-state index is 12.7. The summed E-state index contributed by atoms with van der Waals surface area (Å²) in [5.41, 5.74) is 1.55. The van der Waals surface area contributed by atoms with Crippen LogP contribution in [0.25, 0.3) is 0 Å². The Balaban J connectivity index is 1.44. The maximum Gasteiger partial charge on any atom is 0.255 e. The van der Waals surface area contributed by atoms with Gasteiger partial charge in [-0.1, -0.05) is 5.16 Å². The van der Waals surface area contributed by atoms with Crippen LogP contribution in [-0.2, 0) is 4.74 Å². The SMILES string of the molecule is Cc1ccc(C(=O)N2CC[C@H]3O[C@@H](c4nc(C)no4)C[C@H]3C2)cn1. The van der Waals surface area contributed by atoms with Gasteiger partial charge in [-0.2, -0.15) is 4.98 Å². The molecule has 2 saturated heterocycles. The van der Waals surface area contributed by atoms with Crippen LogP contribution in [0.5, 0.6) is 0 Å². The predicted molar refractivity (Wildman–Crippen MR) is 84.3 cm³/mol. The molecule has 0 saturated carbocycles. The number of hydrogen-bond acceptors (Lipinski definition) is 6. The largest absolute Gasteiger partial charge is 0.365 e. The normalized spacial score (nSPS) is 26.4. The summed E-state index contributed by atoms with van der Waals surface area (Å²) >= 11 is 0. The van der Waals surface area contributed by atoms with Crippen LogP contribution < -0.4 is 0 Å². The highest BCUT2D eigenvalue weighted by Crippen LogP contribution is 2.40. The zero-order valence-electron chi connectivity index (χ0n) is 13.8. The molecule has 2 aromatic heterocycles. The fourth-order valence-corrected chi connectivity index (χ4v) is 3.52. The Hall–Kier alpha value is -2.28. The lowest BCUT2D eigenvalue weighted by Gasteiger charge is -2.34. The molecule has 2 aromatic rings. The van der Waals surface area contributed by atoms with Crippen LogP contribution in [0.1, 0.15) is 46.7 Å². The Bertz CT molecular complexity index is 743. The number of fused-ring (bicyclic) bond motifs is 1. The average molecular weight is 328 g/mol. The molecular formula is C17H20N4O3. The summed E-state index contributed by atoms with van der Waals surface area (Å²) in [6, 6.07) is 3.71. The zero-order chi connectivity index (χ0) is 16.7. The topological polar surface area (TPSA) is 81.4 Å². The van der Waals surface area contributed by atoms with E-state index in [2.05, 4.69) is 15.1 Å². The van der Waals surface area contributed by atoms with E-state index in [1.807, 2.05) is 24.0 Å². The van der Waals surface area contributed by atoms with E-state index in [-0.39, 0.29) is 18.1 Å². The monoisotopic (exact) mass is 328 g/mol. The van der Waals surface area contributed by atoms with Crippen molar-refractivity contribution in [1.29, 1.82) is 0 Å². The molecule has 0 unspecified atom stereocenters. The van der Waals surface area contributed by atoms with E-state index in [1.165, 1.54) is 0 Å². The van der Waals surface area contributed by atoms with Crippen molar-refractivity contribution >= 4 is 5.91 Å². The summed E-state index contributed by atoms with van der Waals surface area (Å²) in [6.45, 7) is 5.10. The van der Waals surface area contributed by atoms with Crippen molar-refractivity contribution in [2.24, 2.45) is 5.92 Å². The number of pyridine rings is 1. The Morgan fingerprint density at radius 1 is 1.33 bits per heavy atom. The molecule has 1 amide bonds. The van der Waals surface area contributed by atoms with Gasteiger partial charge in [0.25, 0.3) is 11.8 Å². The smallest absolute Gasteiger partial charge is 0.255 e. The minimum atomic E-state index is -0.155. The van der Waals surface area contributed by atoms with Gasteiger partial charge in [-0.25, -0.2) is 0 Å². The molecule has 0 aromatic carbocycles. The van der Waals surface area contributed by atoms with Crippen LogP contribution in [0.4, 0.5) is 0 Å². The predicted octanol–water partition coefficient (Wildman–Crippen LogP) is 2.07. The van der Waals surface area contributed by atoms with Gasteiger partial charge in [-0.3, -0.25) is 9.78 Å². The lowest BCUT2D eigenvalue weighted by Crippen LogP contribution is -2.44. The first-order chi connectivity index (χ1) is 11.6. The van der Waals surface area contributed by atoms with Crippen molar-refractivity contribution in [2.45, 2.75) is 38.9 Å². The first-order valence-electron chi connectivity index (χ1n) is 8.28. The lowest BCUT2D eigenvalue weighted by molar-refractivity contribution is -0.00777. The molecule has 0 N–H and O–H groups in total. The molecule has 0 spiro atoms. The third kappa shape index (κ3) is 2.80. The molecule has 24 heavy (non-hydrogen) atoms. The summed E-state index contributed by atoms with van der Waals surface area (Å²) in [5.74, 6) is 1.51. The van der Waals surface area contributed by atoms with Gasteiger partial charge in [0.05, 0.1) is 11.7 Å². The van der Waals surface area contributed by atoms with Crippen LogP contribution in [0.15, 0.2) is 22.9 Å². The summed E-state index contributed by atoms with van der Waals surface area (Å²) in [4.78, 5) is 23.0. The molecule has 2 fully saturated rings. The van der Waals surface area contributed by atoms with Crippen molar-refractivity contribution in [3.63, 3.8) is 0 Å². The standard InChI is InChI=1S/C17H20N4O3/c1-10-3-4-12(8-18-10)17(22)21-6-5-14-13(9-21)7-15(23-14)16-19-11(2)20-24-16/h3-4,8,13-15H,5-7,9H2,1-2H3/t13-,14+,15+/m0/s1. The quantitative estimate of drug-likeness (QED) is 0.839. The average Bonchev–Trinajstić information content (AvgIpc) is 3.20. The molecule has 0 aliphatic carbocycles. The Kier molecular flexibility index (Phi) is 3.80. The second-order valence-electron chi connectivity index (χ2n) is 6.57. The van der Waals surface area contributed by atoms with E-state index in [0.717, 1.165) is 18.5 Å². The van der Waals surface area contributed by atoms with Crippen molar-refractivity contribution < 1.29 is 14.1 Å². The number of aryl methyl sites for hydroxylation is 2. The Morgan fingerprint density at radius 3 is 2.92 bits per heavy atom. The number of rotatable bonds is 2. The molecular weight excluding hydrogens is 308 g/mol. The number of carbonyl (C=O) groups is 1. The van der Waals surface area contributed by atoms with E-state index in [4.69, 9.17) is 9.26 Å². The maximum absolute atomic E-state index is 12.7. The van der Waals surface area contributed by atoms with Gasteiger partial charge in [0.15, 0.2) is 5.82 Å². The zero-order valence-corrected chi connectivity index (χ0v) is 13.8. The third-order valence-corrected chi connectivity index (χ3v) is 4.78. The highest BCUT2D eigenvalue weighted by molar-refractivity contribution is 5.94. The number of hydrogen-bond donors (Lipinski definition) is 0. The van der Waals surface area contributed by atoms with Crippen LogP contribution >= 0.6 is 0 Å². The molecule has 2 aliphatic heterocycles. The van der Waals surface area contributed by atoms with Gasteiger partial charge >= 0.3 is 0 Å². The summed E-state index contributed by atoms with van der Waals surface area (Å²) in [5, 5.41) is 3.83. The van der Waals surface area contributed by atoms with E-state index in [1.54, 1.807) is 13.1 Å². The molecule has 2 aliphatic rings. The fraction of sp³-hybridized carbons (Fsp3) is 0.529. The van der Waals surface area contributed by atoms with E-state index >= 15 is 0 Å². The third-order valence-electron chi connectivity index (χ3n) is 4.78. The van der Waals surface area contributed by atoms with Gasteiger partial charge in [-0.05, 0) is 38.8 Å². The van der Waals surface area contributed by atoms with E-state index in [0.29, 0.717) is 36.3 Å². The van der Waals surface area contributed by atoms with Gasteiger partial charge in [0, 0.05) is 30.9 Å². The summed E-state index contributed by atoms with van der Waals surface area (Å²) in [7, 11) is 0. The number of carbonyl (C=O) groups excluding carboxylic acids is 1. The molecule has 0 radical (unpaired) electrons. The van der Waals surface area contributed by atoms with E-state index < -0.39 is 0 Å². The van der Waals surface area contributed by atoms with Crippen LogP contribution in [-0.4, -0.2) is 45.1 Å². The molecule has 4 heterocycles. The van der Waals surface area contributed by atoms with Gasteiger partial charge < -0.3 is 14.2 Å². The number of amides is 1. The Labute approximate surface area is 140 Å². The minimum absolute atomic E-state index is 0.0398. The highest BCUT2D eigenvalue weighted by Gasteiger charge is 2.42. The lowest BCUT2D eigenvalue weighted by atomic mass is 9.92. The van der Waals surface area contributed by atoms with Crippen molar-refractivity contribution in [3.05, 3.63) is 41.3 Å². The molecule has 7 heteroatoms. The molecule has 4 rings (SSSR count). The second-order valence-corrected chi connectivity index (χ2v) is 6.57. The van der Waals surface area contributed by atoms with Crippen molar-refractivity contribution in [1.82, 2.24) is 20.0 Å². The summed E-state index contributed by atoms with van der Waals surface area (Å²) < 4.78 is 11.3. The van der Waals surface area contributed by atoms with Gasteiger partial charge in [-0.15, -0.1) is 0 Å². The minimum Gasteiger partial charge on any atom is -0.365 e. The number of likely N-dealkylation sites (tertiary alicyclic amines) is 1. The van der Waals surface area contributed by atoms with Gasteiger partial charge in [0.2, 0.25) is 0 Å². The summed E-state index contributed by atoms with van der Waals surface area (Å²) in [6.07, 6.45) is 3.29. The Morgan fingerprint density at radius 2 is 2.21 bits per heavy atom. The number of aromatic nitrogens is 3.